The highest BCUT2D eigenvalue weighted by Gasteiger charge is 2.47. The number of allylic oxidation sites excluding steroid dienone is 1. The summed E-state index contributed by atoms with van der Waals surface area (Å²) < 4.78 is 6.17. The fourth-order valence-electron chi connectivity index (χ4n) is 4.11. The van der Waals surface area contributed by atoms with Crippen LogP contribution in [0.25, 0.3) is 6.08 Å². The van der Waals surface area contributed by atoms with E-state index in [-0.39, 0.29) is 6.42 Å². The zero-order valence-electron chi connectivity index (χ0n) is 15.8. The molecule has 0 amide bonds. The van der Waals surface area contributed by atoms with Gasteiger partial charge >= 0.3 is 5.97 Å². The van der Waals surface area contributed by atoms with Gasteiger partial charge in [0.1, 0.15) is 0 Å². The molecule has 2 aliphatic rings. The first kappa shape index (κ1) is 20.2. The SMILES string of the molecule is O=C(O)CCCCC=C[C@@H]1[C@@H](CSCC=Cc2ccccc2)[C@H]2CC[C@@H]1O2. The van der Waals surface area contributed by atoms with Gasteiger partial charge in [0.15, 0.2) is 0 Å². The first-order chi connectivity index (χ1) is 13.2. The Morgan fingerprint density at radius 2 is 1.96 bits per heavy atom. The maximum absolute atomic E-state index is 10.6. The molecule has 27 heavy (non-hydrogen) atoms. The van der Waals surface area contributed by atoms with Crippen LogP contribution in [-0.4, -0.2) is 34.8 Å². The Balaban J connectivity index is 1.40. The second-order valence-electron chi connectivity index (χ2n) is 7.45. The van der Waals surface area contributed by atoms with E-state index in [4.69, 9.17) is 9.84 Å². The Morgan fingerprint density at radius 3 is 2.78 bits per heavy atom. The van der Waals surface area contributed by atoms with E-state index in [0.29, 0.717) is 24.0 Å². The van der Waals surface area contributed by atoms with Gasteiger partial charge in [-0.15, -0.1) is 0 Å². The van der Waals surface area contributed by atoms with Crippen molar-refractivity contribution in [3.63, 3.8) is 0 Å². The summed E-state index contributed by atoms with van der Waals surface area (Å²) in [5.41, 5.74) is 1.25. The molecule has 1 aromatic rings. The molecule has 2 heterocycles. The van der Waals surface area contributed by atoms with Crippen LogP contribution in [0.15, 0.2) is 48.6 Å². The smallest absolute Gasteiger partial charge is 0.303 e. The molecule has 0 spiro atoms. The standard InChI is InChI=1S/C23H30O3S/c24-23(25)13-7-2-1-6-12-19-20(22-15-14-21(19)26-22)17-27-16-8-11-18-9-4-3-5-10-18/h3-6,8-12,19-22H,1-2,7,13-17H2,(H,24,25)/t19-,20-,21+,22-/m1/s1. The van der Waals surface area contributed by atoms with Crippen molar-refractivity contribution < 1.29 is 14.6 Å². The lowest BCUT2D eigenvalue weighted by Gasteiger charge is -2.25. The summed E-state index contributed by atoms with van der Waals surface area (Å²) in [5.74, 6) is 2.64. The average molecular weight is 387 g/mol. The van der Waals surface area contributed by atoms with E-state index >= 15 is 0 Å². The van der Waals surface area contributed by atoms with E-state index in [1.54, 1.807) is 0 Å². The normalized spacial score (nSPS) is 27.1. The van der Waals surface area contributed by atoms with Crippen LogP contribution >= 0.6 is 11.8 Å². The zero-order chi connectivity index (χ0) is 18.9. The summed E-state index contributed by atoms with van der Waals surface area (Å²) in [6.45, 7) is 0. The van der Waals surface area contributed by atoms with Gasteiger partial charge in [-0.1, -0.05) is 54.6 Å². The molecule has 0 saturated carbocycles. The second kappa shape index (κ2) is 10.7. The van der Waals surface area contributed by atoms with Crippen molar-refractivity contribution in [3.05, 3.63) is 54.1 Å². The van der Waals surface area contributed by atoms with E-state index in [0.717, 1.165) is 30.8 Å². The Morgan fingerprint density at radius 1 is 1.15 bits per heavy atom. The molecule has 1 aromatic carbocycles. The van der Waals surface area contributed by atoms with Crippen LogP contribution < -0.4 is 0 Å². The number of fused-ring (bicyclic) bond motifs is 2. The van der Waals surface area contributed by atoms with Crippen LogP contribution in [0.5, 0.6) is 0 Å². The number of rotatable bonds is 11. The van der Waals surface area contributed by atoms with Crippen LogP contribution in [0, 0.1) is 11.8 Å². The molecule has 4 heteroatoms. The maximum atomic E-state index is 10.6. The van der Waals surface area contributed by atoms with E-state index < -0.39 is 5.97 Å². The number of hydrogen-bond donors (Lipinski definition) is 1. The number of benzene rings is 1. The first-order valence-corrected chi connectivity index (χ1v) is 11.2. The van der Waals surface area contributed by atoms with E-state index in [2.05, 4.69) is 48.6 Å². The van der Waals surface area contributed by atoms with Crippen molar-refractivity contribution in [1.29, 1.82) is 0 Å². The Kier molecular flexibility index (Phi) is 8.03. The Labute approximate surface area is 166 Å². The van der Waals surface area contributed by atoms with Gasteiger partial charge in [0, 0.05) is 24.0 Å². The molecule has 1 N–H and O–H groups in total. The van der Waals surface area contributed by atoms with Gasteiger partial charge in [0.25, 0.3) is 0 Å². The summed E-state index contributed by atoms with van der Waals surface area (Å²) in [7, 11) is 0. The molecule has 146 valence electrons. The van der Waals surface area contributed by atoms with Crippen molar-refractivity contribution in [2.45, 2.75) is 50.7 Å². The number of carboxylic acids is 1. The molecule has 0 aliphatic carbocycles. The first-order valence-electron chi connectivity index (χ1n) is 10.1. The third-order valence-electron chi connectivity index (χ3n) is 5.49. The number of thioether (sulfide) groups is 1. The minimum atomic E-state index is -0.695. The average Bonchev–Trinajstić information content (AvgIpc) is 3.27. The lowest BCUT2D eigenvalue weighted by atomic mass is 9.80. The fraction of sp³-hybridized carbons (Fsp3) is 0.522. The van der Waals surface area contributed by atoms with Gasteiger partial charge in [-0.05, 0) is 43.4 Å². The second-order valence-corrected chi connectivity index (χ2v) is 8.52. The highest BCUT2D eigenvalue weighted by atomic mass is 32.2. The van der Waals surface area contributed by atoms with Gasteiger partial charge in [-0.2, -0.15) is 11.8 Å². The molecule has 2 bridgehead atoms. The summed E-state index contributed by atoms with van der Waals surface area (Å²) in [6, 6.07) is 10.4. The van der Waals surface area contributed by atoms with Gasteiger partial charge in [-0.3, -0.25) is 4.79 Å². The molecular weight excluding hydrogens is 356 g/mol. The van der Waals surface area contributed by atoms with Crippen molar-refractivity contribution in [1.82, 2.24) is 0 Å². The minimum absolute atomic E-state index is 0.279. The predicted molar refractivity (Wildman–Crippen MR) is 113 cm³/mol. The van der Waals surface area contributed by atoms with Gasteiger partial charge < -0.3 is 9.84 Å². The van der Waals surface area contributed by atoms with Crippen molar-refractivity contribution in [2.75, 3.05) is 11.5 Å². The van der Waals surface area contributed by atoms with Crippen LogP contribution in [0.3, 0.4) is 0 Å². The Bertz CT molecular complexity index is 640. The molecule has 3 nitrogen and oxygen atoms in total. The largest absolute Gasteiger partial charge is 0.481 e. The van der Waals surface area contributed by atoms with E-state index in [1.807, 2.05) is 17.8 Å². The van der Waals surface area contributed by atoms with Crippen molar-refractivity contribution in [3.8, 4) is 0 Å². The molecule has 2 aliphatic heterocycles. The van der Waals surface area contributed by atoms with Crippen LogP contribution in [0.1, 0.15) is 44.1 Å². The molecule has 2 fully saturated rings. The zero-order valence-corrected chi connectivity index (χ0v) is 16.7. The van der Waals surface area contributed by atoms with E-state index in [9.17, 15) is 4.79 Å². The molecule has 4 atom stereocenters. The number of aliphatic carboxylic acids is 1. The monoisotopic (exact) mass is 386 g/mol. The van der Waals surface area contributed by atoms with Gasteiger partial charge in [0.2, 0.25) is 0 Å². The molecule has 0 unspecified atom stereocenters. The van der Waals surface area contributed by atoms with E-state index in [1.165, 1.54) is 18.4 Å². The van der Waals surface area contributed by atoms with Crippen molar-refractivity contribution >= 4 is 23.8 Å². The molecule has 2 saturated heterocycles. The number of carbonyl (C=O) groups is 1. The number of ether oxygens (including phenoxy) is 1. The summed E-state index contributed by atoms with van der Waals surface area (Å²) in [6.07, 6.45) is 15.2. The third-order valence-corrected chi connectivity index (χ3v) is 6.54. The summed E-state index contributed by atoms with van der Waals surface area (Å²) >= 11 is 2.00. The Hall–Kier alpha value is -1.52. The quantitative estimate of drug-likeness (QED) is 0.407. The van der Waals surface area contributed by atoms with Crippen LogP contribution in [-0.2, 0) is 9.53 Å². The number of unbranched alkanes of at least 4 members (excludes halogenated alkanes) is 2. The van der Waals surface area contributed by atoms with Crippen molar-refractivity contribution in [2.24, 2.45) is 11.8 Å². The highest BCUT2D eigenvalue weighted by Crippen LogP contribution is 2.45. The topological polar surface area (TPSA) is 46.5 Å². The number of carboxylic acid groups (broad SMARTS) is 1. The maximum Gasteiger partial charge on any atom is 0.303 e. The molecule has 3 rings (SSSR count). The van der Waals surface area contributed by atoms with Crippen LogP contribution in [0.4, 0.5) is 0 Å². The predicted octanol–water partition coefficient (Wildman–Crippen LogP) is 5.43. The van der Waals surface area contributed by atoms with Gasteiger partial charge in [-0.25, -0.2) is 0 Å². The lowest BCUT2D eigenvalue weighted by molar-refractivity contribution is -0.137. The molecule has 0 aromatic heterocycles. The lowest BCUT2D eigenvalue weighted by Crippen LogP contribution is -2.27. The number of hydrogen-bond acceptors (Lipinski definition) is 3. The summed E-state index contributed by atoms with van der Waals surface area (Å²) in [5, 5.41) is 8.69. The summed E-state index contributed by atoms with van der Waals surface area (Å²) in [4.78, 5) is 10.6. The third kappa shape index (κ3) is 6.25. The molecule has 0 radical (unpaired) electrons. The fourth-order valence-corrected chi connectivity index (χ4v) is 5.19. The van der Waals surface area contributed by atoms with Crippen LogP contribution in [0.2, 0.25) is 0 Å². The highest BCUT2D eigenvalue weighted by molar-refractivity contribution is 7.99. The van der Waals surface area contributed by atoms with Gasteiger partial charge in [0.05, 0.1) is 12.2 Å². The molecular formula is C23H30O3S. The minimum Gasteiger partial charge on any atom is -0.481 e.